The average Bonchev–Trinajstić information content (AvgIpc) is 2.75. The van der Waals surface area contributed by atoms with E-state index in [1.54, 1.807) is 0 Å². The van der Waals surface area contributed by atoms with E-state index in [4.69, 9.17) is 22.9 Å². The molecular formula is C22H49ClN10. The van der Waals surface area contributed by atoms with E-state index in [0.717, 1.165) is 38.5 Å². The van der Waals surface area contributed by atoms with Crippen molar-refractivity contribution in [2.45, 2.75) is 90.9 Å². The van der Waals surface area contributed by atoms with Gasteiger partial charge in [0.25, 0.3) is 0 Å². The number of unbranched alkanes of at least 4 members (excludes halogenated alkanes) is 9. The first-order valence-corrected chi connectivity index (χ1v) is 12.2. The smallest absolute Gasteiger partial charge is 0.195 e. The summed E-state index contributed by atoms with van der Waals surface area (Å²) in [5.74, 6) is 1.28. The van der Waals surface area contributed by atoms with Gasteiger partial charge in [0.1, 0.15) is 0 Å². The molecule has 10 nitrogen and oxygen atoms in total. The number of hydrogen-bond donors (Lipinski definition) is 6. The molecule has 11 heteroatoms. The second-order valence-electron chi connectivity index (χ2n) is 7.85. The Bertz CT molecular complexity index is 526. The quantitative estimate of drug-likeness (QED) is 0.104. The van der Waals surface area contributed by atoms with Gasteiger partial charge in [0, 0.05) is 26.2 Å². The van der Waals surface area contributed by atoms with Gasteiger partial charge in [-0.25, -0.2) is 0 Å². The zero-order valence-electron chi connectivity index (χ0n) is 20.8. The monoisotopic (exact) mass is 488 g/mol. The third-order valence-electron chi connectivity index (χ3n) is 4.73. The summed E-state index contributed by atoms with van der Waals surface area (Å²) >= 11 is 0. The van der Waals surface area contributed by atoms with Crippen LogP contribution in [0.2, 0.25) is 0 Å². The van der Waals surface area contributed by atoms with Crippen LogP contribution in [0.3, 0.4) is 0 Å². The molecule has 194 valence electrons. The molecule has 0 aromatic carbocycles. The number of halogens is 1. The summed E-state index contributed by atoms with van der Waals surface area (Å²) in [5.41, 5.74) is 23.3. The molecule has 0 radical (unpaired) electrons. The lowest BCUT2D eigenvalue weighted by Crippen LogP contribution is -2.41. The second-order valence-corrected chi connectivity index (χ2v) is 7.85. The topological polar surface area (TPSA) is 178 Å². The summed E-state index contributed by atoms with van der Waals surface area (Å²) in [5, 5.41) is 5.66. The molecule has 0 aliphatic rings. The number of nitrogens with zero attached hydrogens (tertiary/aromatic N) is 4. The highest BCUT2D eigenvalue weighted by Crippen LogP contribution is 2.01. The van der Waals surface area contributed by atoms with E-state index in [1.807, 2.05) is 0 Å². The fraction of sp³-hybridized carbons (Fsp3) is 0.818. The van der Waals surface area contributed by atoms with Crippen molar-refractivity contribution in [3.63, 3.8) is 0 Å². The van der Waals surface area contributed by atoms with Crippen molar-refractivity contribution in [3.05, 3.63) is 0 Å². The van der Waals surface area contributed by atoms with Crippen molar-refractivity contribution >= 4 is 36.2 Å². The van der Waals surface area contributed by atoms with Crippen LogP contribution < -0.4 is 33.6 Å². The predicted molar refractivity (Wildman–Crippen MR) is 146 cm³/mol. The van der Waals surface area contributed by atoms with E-state index in [2.05, 4.69) is 44.5 Å². The van der Waals surface area contributed by atoms with Crippen LogP contribution in [0.1, 0.15) is 90.9 Å². The SMILES string of the molecule is CCCCCCN=C(N)NC(N)=NCCCCCCN=C(N)NC(N)=NCCCCCC.Cl. The Labute approximate surface area is 207 Å². The van der Waals surface area contributed by atoms with Gasteiger partial charge in [0.15, 0.2) is 23.8 Å². The molecular weight excluding hydrogens is 440 g/mol. The van der Waals surface area contributed by atoms with E-state index in [9.17, 15) is 0 Å². The summed E-state index contributed by atoms with van der Waals surface area (Å²) in [7, 11) is 0. The zero-order valence-corrected chi connectivity index (χ0v) is 21.6. The molecule has 0 rings (SSSR count). The van der Waals surface area contributed by atoms with Gasteiger partial charge >= 0.3 is 0 Å². The Morgan fingerprint density at radius 1 is 0.455 bits per heavy atom. The fourth-order valence-electron chi connectivity index (χ4n) is 2.87. The number of guanidine groups is 4. The Hall–Kier alpha value is -2.23. The number of nitrogens with two attached hydrogens (primary N) is 4. The summed E-state index contributed by atoms with van der Waals surface area (Å²) in [6.07, 6.45) is 13.3. The van der Waals surface area contributed by atoms with Gasteiger partial charge in [-0.2, -0.15) is 0 Å². The van der Waals surface area contributed by atoms with Gasteiger partial charge in [-0.3, -0.25) is 30.6 Å². The van der Waals surface area contributed by atoms with Crippen LogP contribution >= 0.6 is 12.4 Å². The summed E-state index contributed by atoms with van der Waals surface area (Å²) in [6, 6.07) is 0. The minimum Gasteiger partial charge on any atom is -0.370 e. The highest BCUT2D eigenvalue weighted by molar-refractivity contribution is 5.97. The highest BCUT2D eigenvalue weighted by Gasteiger charge is 1.97. The second kappa shape index (κ2) is 24.4. The predicted octanol–water partition coefficient (Wildman–Crippen LogP) is 2.57. The molecule has 0 bridgehead atoms. The van der Waals surface area contributed by atoms with Crippen molar-refractivity contribution in [3.8, 4) is 0 Å². The molecule has 0 spiro atoms. The molecule has 10 N–H and O–H groups in total. The van der Waals surface area contributed by atoms with E-state index in [-0.39, 0.29) is 12.4 Å². The number of rotatable bonds is 17. The zero-order chi connectivity index (χ0) is 23.9. The third-order valence-corrected chi connectivity index (χ3v) is 4.73. The first-order valence-electron chi connectivity index (χ1n) is 12.2. The van der Waals surface area contributed by atoms with Gasteiger partial charge in [-0.05, 0) is 25.7 Å². The molecule has 0 heterocycles. The Morgan fingerprint density at radius 2 is 0.697 bits per heavy atom. The lowest BCUT2D eigenvalue weighted by atomic mass is 10.2. The normalized spacial score (nSPS) is 13.0. The number of aliphatic imine (C=N–C) groups is 4. The lowest BCUT2D eigenvalue weighted by molar-refractivity contribution is 0.653. The molecule has 0 aliphatic heterocycles. The van der Waals surface area contributed by atoms with Crippen molar-refractivity contribution < 1.29 is 0 Å². The minimum atomic E-state index is 0. The van der Waals surface area contributed by atoms with Crippen molar-refractivity contribution in [1.82, 2.24) is 10.6 Å². The first kappa shape index (κ1) is 32.9. The maximum Gasteiger partial charge on any atom is 0.195 e. The van der Waals surface area contributed by atoms with E-state index < -0.39 is 0 Å². The largest absolute Gasteiger partial charge is 0.370 e. The summed E-state index contributed by atoms with van der Waals surface area (Å²) in [6.45, 7) is 7.10. The maximum absolute atomic E-state index is 5.83. The molecule has 0 aliphatic carbocycles. The lowest BCUT2D eigenvalue weighted by Gasteiger charge is -2.05. The molecule has 0 amide bonds. The van der Waals surface area contributed by atoms with Crippen LogP contribution in [-0.2, 0) is 0 Å². The van der Waals surface area contributed by atoms with E-state index in [1.165, 1.54) is 38.5 Å². The van der Waals surface area contributed by atoms with E-state index in [0.29, 0.717) is 50.0 Å². The Kier molecular flexibility index (Phi) is 24.4. The molecule has 0 saturated heterocycles. The van der Waals surface area contributed by atoms with Crippen molar-refractivity contribution in [2.24, 2.45) is 42.9 Å². The van der Waals surface area contributed by atoms with Gasteiger partial charge < -0.3 is 22.9 Å². The molecule has 33 heavy (non-hydrogen) atoms. The van der Waals surface area contributed by atoms with Gasteiger partial charge in [-0.1, -0.05) is 65.2 Å². The van der Waals surface area contributed by atoms with Crippen molar-refractivity contribution in [2.75, 3.05) is 26.2 Å². The van der Waals surface area contributed by atoms with Crippen LogP contribution in [0, 0.1) is 0 Å². The summed E-state index contributed by atoms with van der Waals surface area (Å²) < 4.78 is 0. The highest BCUT2D eigenvalue weighted by atomic mass is 35.5. The average molecular weight is 489 g/mol. The minimum absolute atomic E-state index is 0. The number of hydrogen-bond acceptors (Lipinski definition) is 4. The fourth-order valence-corrected chi connectivity index (χ4v) is 2.87. The molecule has 0 aromatic heterocycles. The molecule has 0 aromatic rings. The van der Waals surface area contributed by atoms with Gasteiger partial charge in [0.2, 0.25) is 0 Å². The van der Waals surface area contributed by atoms with Gasteiger partial charge in [0.05, 0.1) is 0 Å². The van der Waals surface area contributed by atoms with Crippen LogP contribution in [0.5, 0.6) is 0 Å². The standard InChI is InChI=1S/C22H48N10.ClH/c1-3-5-7-11-15-27-19(23)31-21(25)29-17-13-9-10-14-18-30-22(26)32-20(24)28-16-12-8-6-4-2;/h3-18H2,1-2H3,(H5,23,25,27,29,31)(H5,24,26,28,30,32);1H. The first-order chi connectivity index (χ1) is 15.5. The third kappa shape index (κ3) is 24.2. The van der Waals surface area contributed by atoms with Crippen LogP contribution in [0.15, 0.2) is 20.0 Å². The molecule has 0 fully saturated rings. The van der Waals surface area contributed by atoms with Crippen LogP contribution in [0.25, 0.3) is 0 Å². The summed E-state index contributed by atoms with van der Waals surface area (Å²) in [4.78, 5) is 17.1. The Morgan fingerprint density at radius 3 is 0.939 bits per heavy atom. The maximum atomic E-state index is 5.83. The van der Waals surface area contributed by atoms with Crippen LogP contribution in [0.4, 0.5) is 0 Å². The van der Waals surface area contributed by atoms with E-state index >= 15 is 0 Å². The number of nitrogens with one attached hydrogen (secondary N) is 2. The molecule has 0 saturated carbocycles. The molecule has 0 atom stereocenters. The van der Waals surface area contributed by atoms with Crippen LogP contribution in [-0.4, -0.2) is 50.0 Å². The molecule has 0 unspecified atom stereocenters. The van der Waals surface area contributed by atoms with Gasteiger partial charge in [-0.15, -0.1) is 12.4 Å². The Balaban J connectivity index is 0. The van der Waals surface area contributed by atoms with Crippen molar-refractivity contribution in [1.29, 1.82) is 0 Å².